The number of carbonyl (C=O) groups excluding carboxylic acids is 2. The summed E-state index contributed by atoms with van der Waals surface area (Å²) in [6, 6.07) is 6.54. The van der Waals surface area contributed by atoms with Crippen molar-refractivity contribution in [2.45, 2.75) is 19.4 Å². The number of nitrogens with two attached hydrogens (primary N) is 2. The second kappa shape index (κ2) is 7.49. The smallest absolute Gasteiger partial charge is 0.267 e. The zero-order chi connectivity index (χ0) is 17.7. The van der Waals surface area contributed by atoms with Crippen LogP contribution in [0.25, 0.3) is 0 Å². The highest BCUT2D eigenvalue weighted by Crippen LogP contribution is 2.11. The summed E-state index contributed by atoms with van der Waals surface area (Å²) in [7, 11) is 0. The van der Waals surface area contributed by atoms with Crippen LogP contribution in [0.2, 0.25) is 0 Å². The van der Waals surface area contributed by atoms with Crippen molar-refractivity contribution in [3.63, 3.8) is 0 Å². The van der Waals surface area contributed by atoms with Gasteiger partial charge in [-0.05, 0) is 30.2 Å². The molecule has 1 aromatic heterocycles. The van der Waals surface area contributed by atoms with E-state index in [1.807, 2.05) is 0 Å². The maximum atomic E-state index is 13.1. The number of nitrogens with zero attached hydrogens (tertiary/aromatic N) is 1. The van der Waals surface area contributed by atoms with E-state index < -0.39 is 17.5 Å². The van der Waals surface area contributed by atoms with Crippen molar-refractivity contribution in [3.05, 3.63) is 58.8 Å². The average molecular weight is 334 g/mol. The maximum Gasteiger partial charge on any atom is 0.267 e. The molecule has 0 radical (unpaired) electrons. The predicted molar refractivity (Wildman–Crippen MR) is 83.7 cm³/mol. The number of hydrogen-bond acceptors (Lipinski definition) is 4. The molecule has 0 unspecified atom stereocenters. The van der Waals surface area contributed by atoms with Gasteiger partial charge in [0, 0.05) is 18.5 Å². The first-order valence-electron chi connectivity index (χ1n) is 7.12. The fourth-order valence-corrected chi connectivity index (χ4v) is 2.09. The molecule has 0 atom stereocenters. The molecule has 0 fully saturated rings. The number of anilines is 1. The summed E-state index contributed by atoms with van der Waals surface area (Å²) in [5.41, 5.74) is 11.7. The lowest BCUT2D eigenvalue weighted by atomic mass is 10.1. The molecular weight excluding hydrogens is 318 g/mol. The molecule has 0 saturated heterocycles. The van der Waals surface area contributed by atoms with Gasteiger partial charge in [-0.25, -0.2) is 13.8 Å². The van der Waals surface area contributed by atoms with Crippen molar-refractivity contribution >= 4 is 17.6 Å². The van der Waals surface area contributed by atoms with Crippen molar-refractivity contribution in [2.24, 2.45) is 5.73 Å². The third kappa shape index (κ3) is 4.48. The Kier molecular flexibility index (Phi) is 5.41. The van der Waals surface area contributed by atoms with Crippen LogP contribution in [0.15, 0.2) is 30.3 Å². The molecule has 0 spiro atoms. The fourth-order valence-electron chi connectivity index (χ4n) is 2.09. The molecule has 1 heterocycles. The molecule has 0 bridgehead atoms. The molecule has 0 aliphatic heterocycles. The normalized spacial score (nSPS) is 10.4. The number of nitrogen functional groups attached to an aromatic ring is 1. The van der Waals surface area contributed by atoms with Crippen LogP contribution in [0.1, 0.15) is 28.0 Å². The monoisotopic (exact) mass is 334 g/mol. The van der Waals surface area contributed by atoms with Gasteiger partial charge < -0.3 is 16.8 Å². The summed E-state index contributed by atoms with van der Waals surface area (Å²) >= 11 is 0. The number of aryl methyl sites for hydroxylation is 1. The van der Waals surface area contributed by atoms with Gasteiger partial charge in [0.15, 0.2) is 11.6 Å². The summed E-state index contributed by atoms with van der Waals surface area (Å²) < 4.78 is 25.9. The summed E-state index contributed by atoms with van der Waals surface area (Å²) in [6.07, 6.45) is 0.338. The second-order valence-corrected chi connectivity index (χ2v) is 5.13. The van der Waals surface area contributed by atoms with Gasteiger partial charge in [-0.1, -0.05) is 12.1 Å². The molecule has 2 amide bonds. The Labute approximate surface area is 136 Å². The highest BCUT2D eigenvalue weighted by molar-refractivity contribution is 5.92. The van der Waals surface area contributed by atoms with Crippen LogP contribution in [0, 0.1) is 11.6 Å². The van der Waals surface area contributed by atoms with Crippen molar-refractivity contribution in [1.82, 2.24) is 10.3 Å². The quantitative estimate of drug-likeness (QED) is 0.739. The Morgan fingerprint density at radius 1 is 1.12 bits per heavy atom. The predicted octanol–water partition coefficient (Wildman–Crippen LogP) is 1.29. The van der Waals surface area contributed by atoms with E-state index in [2.05, 4.69) is 10.3 Å². The van der Waals surface area contributed by atoms with Gasteiger partial charge in [0.05, 0.1) is 0 Å². The Hall–Kier alpha value is -3.03. The van der Waals surface area contributed by atoms with E-state index in [1.54, 1.807) is 6.07 Å². The molecule has 0 aliphatic rings. The first-order valence-corrected chi connectivity index (χ1v) is 7.12. The van der Waals surface area contributed by atoms with Crippen LogP contribution in [-0.4, -0.2) is 16.8 Å². The van der Waals surface area contributed by atoms with Crippen molar-refractivity contribution < 1.29 is 18.4 Å². The van der Waals surface area contributed by atoms with Gasteiger partial charge in [-0.3, -0.25) is 9.59 Å². The number of nitrogens with one attached hydrogen (secondary N) is 1. The first kappa shape index (κ1) is 17.3. The lowest BCUT2D eigenvalue weighted by Gasteiger charge is -2.09. The molecule has 5 N–H and O–H groups in total. The lowest BCUT2D eigenvalue weighted by Crippen LogP contribution is -2.26. The van der Waals surface area contributed by atoms with Crippen molar-refractivity contribution in [3.8, 4) is 0 Å². The summed E-state index contributed by atoms with van der Waals surface area (Å²) in [5, 5.41) is 2.61. The number of pyridine rings is 1. The molecule has 1 aromatic carbocycles. The Bertz CT molecular complexity index is 781. The van der Waals surface area contributed by atoms with Gasteiger partial charge in [0.1, 0.15) is 11.5 Å². The number of rotatable bonds is 6. The van der Waals surface area contributed by atoms with Crippen LogP contribution in [-0.2, 0) is 17.8 Å². The number of amides is 2. The van der Waals surface area contributed by atoms with Crippen molar-refractivity contribution in [2.75, 3.05) is 5.73 Å². The van der Waals surface area contributed by atoms with Gasteiger partial charge in [-0.15, -0.1) is 0 Å². The second-order valence-electron chi connectivity index (χ2n) is 5.13. The van der Waals surface area contributed by atoms with E-state index in [0.717, 1.165) is 12.1 Å². The van der Waals surface area contributed by atoms with E-state index in [-0.39, 0.29) is 36.8 Å². The standard InChI is InChI=1S/C16H16F2N4O2/c17-11-4-1-9(7-12(11)18)2-6-14(23)21-8-10-3-5-13(19)22-15(10)16(20)24/h1,3-5,7H,2,6,8H2,(H2,19,22)(H2,20,24)(H,21,23). The Balaban J connectivity index is 1.91. The number of hydrogen-bond donors (Lipinski definition) is 3. The molecule has 8 heteroatoms. The Morgan fingerprint density at radius 3 is 2.54 bits per heavy atom. The molecule has 126 valence electrons. The van der Waals surface area contributed by atoms with E-state index in [4.69, 9.17) is 11.5 Å². The number of halogens is 2. The minimum Gasteiger partial charge on any atom is -0.384 e. The Morgan fingerprint density at radius 2 is 1.88 bits per heavy atom. The van der Waals surface area contributed by atoms with E-state index in [0.29, 0.717) is 11.1 Å². The van der Waals surface area contributed by atoms with Crippen LogP contribution in [0.5, 0.6) is 0 Å². The van der Waals surface area contributed by atoms with Crippen LogP contribution >= 0.6 is 0 Å². The van der Waals surface area contributed by atoms with Crippen molar-refractivity contribution in [1.29, 1.82) is 0 Å². The van der Waals surface area contributed by atoms with Gasteiger partial charge in [0.25, 0.3) is 5.91 Å². The molecule has 24 heavy (non-hydrogen) atoms. The number of aromatic nitrogens is 1. The molecule has 2 aromatic rings. The lowest BCUT2D eigenvalue weighted by molar-refractivity contribution is -0.121. The average Bonchev–Trinajstić information content (AvgIpc) is 2.54. The van der Waals surface area contributed by atoms with Gasteiger partial charge >= 0.3 is 0 Å². The van der Waals surface area contributed by atoms with E-state index in [9.17, 15) is 18.4 Å². The molecule has 6 nitrogen and oxygen atoms in total. The van der Waals surface area contributed by atoms with Crippen LogP contribution < -0.4 is 16.8 Å². The molecular formula is C16H16F2N4O2. The maximum absolute atomic E-state index is 13.1. The topological polar surface area (TPSA) is 111 Å². The van der Waals surface area contributed by atoms with E-state index >= 15 is 0 Å². The summed E-state index contributed by atoms with van der Waals surface area (Å²) in [4.78, 5) is 27.0. The molecule has 0 saturated carbocycles. The molecule has 0 aliphatic carbocycles. The zero-order valence-electron chi connectivity index (χ0n) is 12.7. The number of benzene rings is 1. The number of carbonyl (C=O) groups is 2. The van der Waals surface area contributed by atoms with Crippen LogP contribution in [0.4, 0.5) is 14.6 Å². The van der Waals surface area contributed by atoms with E-state index in [1.165, 1.54) is 12.1 Å². The molecule has 2 rings (SSSR count). The summed E-state index contributed by atoms with van der Waals surface area (Å²) in [5.74, 6) is -2.79. The first-order chi connectivity index (χ1) is 11.4. The number of primary amides is 1. The highest BCUT2D eigenvalue weighted by atomic mass is 19.2. The van der Waals surface area contributed by atoms with Gasteiger partial charge in [0.2, 0.25) is 5.91 Å². The highest BCUT2D eigenvalue weighted by Gasteiger charge is 2.12. The minimum atomic E-state index is -0.952. The van der Waals surface area contributed by atoms with Gasteiger partial charge in [-0.2, -0.15) is 0 Å². The SMILES string of the molecule is NC(=O)c1nc(N)ccc1CNC(=O)CCc1ccc(F)c(F)c1. The van der Waals surface area contributed by atoms with Crippen LogP contribution in [0.3, 0.4) is 0 Å². The fraction of sp³-hybridized carbons (Fsp3) is 0.188. The summed E-state index contributed by atoms with van der Waals surface area (Å²) in [6.45, 7) is 0.0577. The zero-order valence-corrected chi connectivity index (χ0v) is 12.7. The largest absolute Gasteiger partial charge is 0.384 e. The minimum absolute atomic E-state index is 0.00379. The third-order valence-electron chi connectivity index (χ3n) is 3.33. The third-order valence-corrected chi connectivity index (χ3v) is 3.33.